The minimum atomic E-state index is -0.157. The Morgan fingerprint density at radius 3 is 1.38 bits per heavy atom. The molecule has 1 atom stereocenters. The van der Waals surface area contributed by atoms with E-state index in [9.17, 15) is 0 Å². The van der Waals surface area contributed by atoms with E-state index in [0.717, 1.165) is 0 Å². The Labute approximate surface area is 51.2 Å². The van der Waals surface area contributed by atoms with Crippen molar-refractivity contribution in [2.75, 3.05) is 0 Å². The summed E-state index contributed by atoms with van der Waals surface area (Å²) in [5.74, 6) is 1.02. The zero-order valence-electron chi connectivity index (χ0n) is 5.89. The second-order valence-corrected chi connectivity index (χ2v) is 2.68. The first-order valence-electron chi connectivity index (χ1n) is 3.07. The molecule has 0 amide bonds. The zero-order valence-corrected chi connectivity index (χ0v) is 5.89. The highest BCUT2D eigenvalue weighted by atomic mass is 14.9. The predicted octanol–water partition coefficient (Wildman–Crippen LogP) is 0.522. The van der Waals surface area contributed by atoms with Gasteiger partial charge in [0.15, 0.2) is 0 Å². The van der Waals surface area contributed by atoms with Crippen LogP contribution in [0.25, 0.3) is 0 Å². The van der Waals surface area contributed by atoms with Gasteiger partial charge in [0.25, 0.3) is 0 Å². The minimum Gasteiger partial charge on any atom is -0.316 e. The van der Waals surface area contributed by atoms with E-state index >= 15 is 0 Å². The van der Waals surface area contributed by atoms with Crippen LogP contribution in [-0.2, 0) is 0 Å². The zero-order chi connectivity index (χ0) is 6.73. The monoisotopic (exact) mass is 116 g/mol. The van der Waals surface area contributed by atoms with Gasteiger partial charge in [-0.2, -0.15) is 0 Å². The normalized spacial score (nSPS) is 15.4. The Morgan fingerprint density at radius 2 is 1.38 bits per heavy atom. The van der Waals surface area contributed by atoms with E-state index in [-0.39, 0.29) is 6.17 Å². The van der Waals surface area contributed by atoms with Gasteiger partial charge in [0, 0.05) is 0 Å². The van der Waals surface area contributed by atoms with Gasteiger partial charge in [-0.25, -0.2) is 0 Å². The average molecular weight is 116 g/mol. The van der Waals surface area contributed by atoms with Crippen molar-refractivity contribution in [2.24, 2.45) is 23.3 Å². The van der Waals surface area contributed by atoms with Crippen molar-refractivity contribution in [2.45, 2.75) is 26.9 Å². The summed E-state index contributed by atoms with van der Waals surface area (Å²) in [6.45, 7) is 6.31. The van der Waals surface area contributed by atoms with Gasteiger partial charge in [0.2, 0.25) is 0 Å². The van der Waals surface area contributed by atoms with Gasteiger partial charge in [-0.05, 0) is 11.8 Å². The van der Waals surface area contributed by atoms with E-state index in [1.807, 2.05) is 0 Å². The van der Waals surface area contributed by atoms with Gasteiger partial charge in [0.05, 0.1) is 6.17 Å². The molecule has 0 aliphatic heterocycles. The summed E-state index contributed by atoms with van der Waals surface area (Å²) in [5, 5.41) is 0. The fourth-order valence-corrected chi connectivity index (χ4v) is 0.444. The maximum atomic E-state index is 5.41. The van der Waals surface area contributed by atoms with Gasteiger partial charge in [0.1, 0.15) is 0 Å². The summed E-state index contributed by atoms with van der Waals surface area (Å²) in [6.07, 6.45) is -0.157. The summed E-state index contributed by atoms with van der Waals surface area (Å²) in [6, 6.07) is 0. The molecule has 0 spiro atoms. The highest BCUT2D eigenvalue weighted by Crippen LogP contribution is 2.08. The van der Waals surface area contributed by atoms with E-state index in [0.29, 0.717) is 11.8 Å². The molecule has 4 N–H and O–H groups in total. The number of nitrogens with two attached hydrogens (primary N) is 2. The van der Waals surface area contributed by atoms with E-state index in [1.54, 1.807) is 0 Å². The van der Waals surface area contributed by atoms with Crippen molar-refractivity contribution in [3.63, 3.8) is 0 Å². The third kappa shape index (κ3) is 2.28. The molecule has 0 aromatic carbocycles. The lowest BCUT2D eigenvalue weighted by atomic mass is 9.96. The van der Waals surface area contributed by atoms with Crippen molar-refractivity contribution in [3.05, 3.63) is 0 Å². The van der Waals surface area contributed by atoms with E-state index in [2.05, 4.69) is 20.8 Å². The molecule has 0 bridgehead atoms. The minimum absolute atomic E-state index is 0.157. The Morgan fingerprint density at radius 1 is 1.00 bits per heavy atom. The quantitative estimate of drug-likeness (QED) is 0.517. The molecule has 2 nitrogen and oxygen atoms in total. The molecule has 0 fully saturated rings. The molecular weight excluding hydrogens is 100 g/mol. The van der Waals surface area contributed by atoms with Crippen LogP contribution in [0.3, 0.4) is 0 Å². The molecule has 8 heavy (non-hydrogen) atoms. The van der Waals surface area contributed by atoms with Crippen LogP contribution in [-0.4, -0.2) is 6.17 Å². The predicted molar refractivity (Wildman–Crippen MR) is 36.2 cm³/mol. The molecule has 1 unspecified atom stereocenters. The van der Waals surface area contributed by atoms with E-state index in [1.165, 1.54) is 0 Å². The van der Waals surface area contributed by atoms with Gasteiger partial charge < -0.3 is 11.5 Å². The lowest BCUT2D eigenvalue weighted by molar-refractivity contribution is 0.352. The summed E-state index contributed by atoms with van der Waals surface area (Å²) < 4.78 is 0. The molecule has 0 heterocycles. The maximum Gasteiger partial charge on any atom is 0.0549 e. The molecule has 0 aromatic rings. The van der Waals surface area contributed by atoms with E-state index in [4.69, 9.17) is 11.5 Å². The summed E-state index contributed by atoms with van der Waals surface area (Å²) >= 11 is 0. The third-order valence-corrected chi connectivity index (χ3v) is 1.66. The summed E-state index contributed by atoms with van der Waals surface area (Å²) in [4.78, 5) is 0. The average Bonchev–Trinajstić information content (AvgIpc) is 1.64. The van der Waals surface area contributed by atoms with Crippen molar-refractivity contribution < 1.29 is 0 Å². The first-order chi connectivity index (χ1) is 3.55. The summed E-state index contributed by atoms with van der Waals surface area (Å²) in [5.41, 5.74) is 10.8. The van der Waals surface area contributed by atoms with Crippen molar-refractivity contribution in [3.8, 4) is 0 Å². The van der Waals surface area contributed by atoms with Gasteiger partial charge >= 0.3 is 0 Å². The van der Waals surface area contributed by atoms with Crippen LogP contribution in [0.2, 0.25) is 0 Å². The number of hydrogen-bond acceptors (Lipinski definition) is 2. The molecule has 0 aromatic heterocycles. The summed E-state index contributed by atoms with van der Waals surface area (Å²) in [7, 11) is 0. The van der Waals surface area contributed by atoms with Crippen molar-refractivity contribution >= 4 is 0 Å². The topological polar surface area (TPSA) is 52.0 Å². The highest BCUT2D eigenvalue weighted by Gasteiger charge is 2.10. The highest BCUT2D eigenvalue weighted by molar-refractivity contribution is 4.64. The molecular formula is C6H16N2. The molecule has 0 saturated carbocycles. The smallest absolute Gasteiger partial charge is 0.0549 e. The Kier molecular flexibility index (Phi) is 3.02. The molecule has 50 valence electrons. The number of hydrogen-bond donors (Lipinski definition) is 2. The fraction of sp³-hybridized carbons (Fsp3) is 1.00. The molecule has 2 heteroatoms. The first-order valence-corrected chi connectivity index (χ1v) is 3.07. The molecule has 0 aliphatic rings. The van der Waals surface area contributed by atoms with Gasteiger partial charge in [-0.1, -0.05) is 20.8 Å². The second kappa shape index (κ2) is 3.05. The van der Waals surface area contributed by atoms with Crippen LogP contribution in [0.1, 0.15) is 20.8 Å². The lowest BCUT2D eigenvalue weighted by Gasteiger charge is -2.18. The van der Waals surface area contributed by atoms with E-state index < -0.39 is 0 Å². The van der Waals surface area contributed by atoms with Crippen LogP contribution in [0.15, 0.2) is 0 Å². The Balaban J connectivity index is 3.46. The Hall–Kier alpha value is -0.0800. The van der Waals surface area contributed by atoms with Crippen LogP contribution in [0.4, 0.5) is 0 Å². The van der Waals surface area contributed by atoms with Crippen molar-refractivity contribution in [1.82, 2.24) is 0 Å². The SMILES string of the molecule is CC(C)C(C)C(N)N. The van der Waals surface area contributed by atoms with Crippen LogP contribution < -0.4 is 11.5 Å². The van der Waals surface area contributed by atoms with Crippen LogP contribution in [0.5, 0.6) is 0 Å². The van der Waals surface area contributed by atoms with Gasteiger partial charge in [-0.3, -0.25) is 0 Å². The third-order valence-electron chi connectivity index (χ3n) is 1.66. The van der Waals surface area contributed by atoms with Crippen LogP contribution >= 0.6 is 0 Å². The molecule has 0 aliphatic carbocycles. The molecule has 0 saturated heterocycles. The fourth-order valence-electron chi connectivity index (χ4n) is 0.444. The van der Waals surface area contributed by atoms with Crippen molar-refractivity contribution in [1.29, 1.82) is 0 Å². The Bertz CT molecular complexity index is 51.5. The lowest BCUT2D eigenvalue weighted by Crippen LogP contribution is -2.39. The maximum absolute atomic E-state index is 5.41. The largest absolute Gasteiger partial charge is 0.316 e. The molecule has 0 rings (SSSR count). The standard InChI is InChI=1S/C6H16N2/c1-4(2)5(3)6(7)8/h4-6H,7-8H2,1-3H3. The van der Waals surface area contributed by atoms with Gasteiger partial charge in [-0.15, -0.1) is 0 Å². The second-order valence-electron chi connectivity index (χ2n) is 2.68. The van der Waals surface area contributed by atoms with Crippen LogP contribution in [0, 0.1) is 11.8 Å². The molecule has 0 radical (unpaired) electrons. The first kappa shape index (κ1) is 7.92. The number of rotatable bonds is 2.